The maximum Gasteiger partial charge on any atom is 0.273 e. The molecule has 0 aliphatic rings. The highest BCUT2D eigenvalue weighted by Crippen LogP contribution is 2.17. The second-order valence-electron chi connectivity index (χ2n) is 8.01. The molecule has 0 unspecified atom stereocenters. The van der Waals surface area contributed by atoms with Gasteiger partial charge in [-0.1, -0.05) is 60.2 Å². The predicted octanol–water partition coefficient (Wildman–Crippen LogP) is 4.01. The van der Waals surface area contributed by atoms with E-state index in [1.807, 2.05) is 79.7 Å². The third-order valence-electron chi connectivity index (χ3n) is 5.64. The van der Waals surface area contributed by atoms with Crippen molar-refractivity contribution in [3.8, 4) is 5.75 Å². The van der Waals surface area contributed by atoms with Crippen LogP contribution >= 0.6 is 0 Å². The molecule has 1 amide bonds. The zero-order chi connectivity index (χ0) is 23.2. The molecular weight excluding hydrogens is 414 g/mol. The molecule has 4 rings (SSSR count). The molecule has 4 aromatic rings. The fourth-order valence-electron chi connectivity index (χ4n) is 3.80. The van der Waals surface area contributed by atoms with Gasteiger partial charge in [-0.05, 0) is 30.7 Å². The zero-order valence-corrected chi connectivity index (χ0v) is 18.9. The van der Waals surface area contributed by atoms with Crippen LogP contribution in [-0.2, 0) is 24.3 Å². The van der Waals surface area contributed by atoms with E-state index in [-0.39, 0.29) is 24.3 Å². The second kappa shape index (κ2) is 10.1. The Labute approximate surface area is 192 Å². The number of ether oxygens (including phenoxy) is 1. The number of amides is 1. The number of aromatic nitrogens is 2. The molecule has 6 nitrogen and oxygen atoms in total. The molecule has 0 radical (unpaired) electrons. The van der Waals surface area contributed by atoms with Crippen LogP contribution in [0.5, 0.6) is 5.75 Å². The van der Waals surface area contributed by atoms with Gasteiger partial charge in [0.15, 0.2) is 0 Å². The number of aryl methyl sites for hydroxylation is 2. The Hall–Kier alpha value is -3.93. The van der Waals surface area contributed by atoms with Gasteiger partial charge >= 0.3 is 0 Å². The van der Waals surface area contributed by atoms with Crippen LogP contribution in [0.2, 0.25) is 0 Å². The van der Waals surface area contributed by atoms with Crippen LogP contribution in [0.3, 0.4) is 0 Å². The first kappa shape index (κ1) is 22.3. The number of hydrogen-bond donors (Lipinski definition) is 1. The lowest BCUT2D eigenvalue weighted by Crippen LogP contribution is -2.28. The summed E-state index contributed by atoms with van der Waals surface area (Å²) in [5.74, 6) is 0.591. The van der Waals surface area contributed by atoms with E-state index in [4.69, 9.17) is 4.74 Å². The van der Waals surface area contributed by atoms with Gasteiger partial charge < -0.3 is 14.6 Å². The summed E-state index contributed by atoms with van der Waals surface area (Å²) in [5.41, 5.74) is 4.88. The number of para-hydroxylation sites is 3. The number of methoxy groups -OCH3 is 1. The van der Waals surface area contributed by atoms with E-state index in [0.717, 1.165) is 27.9 Å². The molecule has 1 aromatic heterocycles. The Morgan fingerprint density at radius 3 is 2.52 bits per heavy atom. The number of benzene rings is 3. The molecule has 0 spiro atoms. The minimum absolute atomic E-state index is 0.139. The number of hydrogen-bond acceptors (Lipinski definition) is 4. The number of nitrogens with one attached hydrogen (secondary N) is 1. The lowest BCUT2D eigenvalue weighted by Gasteiger charge is -2.13. The summed E-state index contributed by atoms with van der Waals surface area (Å²) in [6.45, 7) is 2.86. The topological polar surface area (TPSA) is 73.2 Å². The van der Waals surface area contributed by atoms with Gasteiger partial charge in [-0.2, -0.15) is 0 Å². The maximum atomic E-state index is 13.3. The first-order chi connectivity index (χ1) is 16.0. The molecule has 0 fully saturated rings. The van der Waals surface area contributed by atoms with Gasteiger partial charge in [0.1, 0.15) is 11.4 Å². The van der Waals surface area contributed by atoms with E-state index < -0.39 is 0 Å². The quantitative estimate of drug-likeness (QED) is 0.448. The highest BCUT2D eigenvalue weighted by molar-refractivity contribution is 5.77. The van der Waals surface area contributed by atoms with Crippen molar-refractivity contribution in [3.05, 3.63) is 106 Å². The third kappa shape index (κ3) is 5.29. The summed E-state index contributed by atoms with van der Waals surface area (Å²) in [6, 6.07) is 23.3. The lowest BCUT2D eigenvalue weighted by atomic mass is 10.1. The van der Waals surface area contributed by atoms with Crippen LogP contribution < -0.4 is 15.6 Å². The standard InChI is InChI=1S/C27H27N3O3/c1-19-11-13-20(14-12-19)18-30-24-9-5-4-8-22(24)29-23(27(30)32)15-16-26(31)28-17-21-7-3-6-10-25(21)33-2/h3-14H,15-18H2,1-2H3,(H,28,31). The summed E-state index contributed by atoms with van der Waals surface area (Å²) in [7, 11) is 1.60. The number of carbonyl (C=O) groups excluding carboxylic acids is 1. The molecule has 0 bridgehead atoms. The van der Waals surface area contributed by atoms with Crippen molar-refractivity contribution in [2.45, 2.75) is 32.9 Å². The summed E-state index contributed by atoms with van der Waals surface area (Å²) in [5, 5.41) is 2.90. The van der Waals surface area contributed by atoms with Gasteiger partial charge in [-0.15, -0.1) is 0 Å². The van der Waals surface area contributed by atoms with E-state index >= 15 is 0 Å². The van der Waals surface area contributed by atoms with Gasteiger partial charge in [-0.3, -0.25) is 9.59 Å². The lowest BCUT2D eigenvalue weighted by molar-refractivity contribution is -0.121. The van der Waals surface area contributed by atoms with Gasteiger partial charge in [0, 0.05) is 24.9 Å². The number of nitrogens with zero attached hydrogens (tertiary/aromatic N) is 2. The fourth-order valence-corrected chi connectivity index (χ4v) is 3.80. The number of carbonyl (C=O) groups is 1. The Morgan fingerprint density at radius 1 is 1.00 bits per heavy atom. The van der Waals surface area contributed by atoms with E-state index in [1.54, 1.807) is 11.7 Å². The number of fused-ring (bicyclic) bond motifs is 1. The van der Waals surface area contributed by atoms with Crippen molar-refractivity contribution >= 4 is 16.9 Å². The summed E-state index contributed by atoms with van der Waals surface area (Å²) in [4.78, 5) is 30.3. The fraction of sp³-hybridized carbons (Fsp3) is 0.222. The first-order valence-electron chi connectivity index (χ1n) is 11.0. The monoisotopic (exact) mass is 441 g/mol. The highest BCUT2D eigenvalue weighted by Gasteiger charge is 2.13. The van der Waals surface area contributed by atoms with E-state index in [0.29, 0.717) is 18.8 Å². The zero-order valence-electron chi connectivity index (χ0n) is 18.9. The van der Waals surface area contributed by atoms with E-state index in [2.05, 4.69) is 10.3 Å². The Morgan fingerprint density at radius 2 is 1.73 bits per heavy atom. The molecular formula is C27H27N3O3. The smallest absolute Gasteiger partial charge is 0.273 e. The van der Waals surface area contributed by atoms with Crippen molar-refractivity contribution in [2.75, 3.05) is 7.11 Å². The van der Waals surface area contributed by atoms with Crippen LogP contribution in [0.25, 0.3) is 11.0 Å². The van der Waals surface area contributed by atoms with Crippen LogP contribution in [-0.4, -0.2) is 22.6 Å². The normalized spacial score (nSPS) is 10.8. The van der Waals surface area contributed by atoms with Crippen LogP contribution in [0, 0.1) is 6.92 Å². The van der Waals surface area contributed by atoms with Crippen molar-refractivity contribution in [3.63, 3.8) is 0 Å². The SMILES string of the molecule is COc1ccccc1CNC(=O)CCc1nc2ccccc2n(Cc2ccc(C)cc2)c1=O. The van der Waals surface area contributed by atoms with Gasteiger partial charge in [0.05, 0.1) is 24.7 Å². The maximum absolute atomic E-state index is 13.3. The molecule has 168 valence electrons. The van der Waals surface area contributed by atoms with Gasteiger partial charge in [0.2, 0.25) is 5.91 Å². The van der Waals surface area contributed by atoms with Crippen LogP contribution in [0.15, 0.2) is 77.6 Å². The Kier molecular flexibility index (Phi) is 6.83. The van der Waals surface area contributed by atoms with Crippen molar-refractivity contribution < 1.29 is 9.53 Å². The van der Waals surface area contributed by atoms with Crippen LogP contribution in [0.4, 0.5) is 0 Å². The highest BCUT2D eigenvalue weighted by atomic mass is 16.5. The summed E-state index contributed by atoms with van der Waals surface area (Å²) >= 11 is 0. The molecule has 3 aromatic carbocycles. The number of rotatable bonds is 8. The Balaban J connectivity index is 1.51. The average Bonchev–Trinajstić information content (AvgIpc) is 2.84. The Bertz CT molecular complexity index is 1330. The largest absolute Gasteiger partial charge is 0.496 e. The molecule has 1 heterocycles. The first-order valence-corrected chi connectivity index (χ1v) is 11.0. The van der Waals surface area contributed by atoms with E-state index in [1.165, 1.54) is 5.56 Å². The predicted molar refractivity (Wildman–Crippen MR) is 129 cm³/mol. The minimum Gasteiger partial charge on any atom is -0.496 e. The van der Waals surface area contributed by atoms with Crippen LogP contribution in [0.1, 0.15) is 28.8 Å². The van der Waals surface area contributed by atoms with Crippen molar-refractivity contribution in [2.24, 2.45) is 0 Å². The summed E-state index contributed by atoms with van der Waals surface area (Å²) < 4.78 is 7.07. The van der Waals surface area contributed by atoms with E-state index in [9.17, 15) is 9.59 Å². The molecule has 6 heteroatoms. The molecule has 0 saturated heterocycles. The second-order valence-corrected chi connectivity index (χ2v) is 8.01. The van der Waals surface area contributed by atoms with Gasteiger partial charge in [0.25, 0.3) is 5.56 Å². The molecule has 0 aliphatic carbocycles. The molecule has 1 N–H and O–H groups in total. The average molecular weight is 442 g/mol. The molecule has 33 heavy (non-hydrogen) atoms. The van der Waals surface area contributed by atoms with Gasteiger partial charge in [-0.25, -0.2) is 4.98 Å². The minimum atomic E-state index is -0.160. The van der Waals surface area contributed by atoms with Crippen molar-refractivity contribution in [1.82, 2.24) is 14.9 Å². The molecule has 0 saturated carbocycles. The molecule has 0 aliphatic heterocycles. The van der Waals surface area contributed by atoms with Crippen molar-refractivity contribution in [1.29, 1.82) is 0 Å². The third-order valence-corrected chi connectivity index (χ3v) is 5.64. The summed E-state index contributed by atoms with van der Waals surface area (Å²) in [6.07, 6.45) is 0.454. The molecule has 0 atom stereocenters.